The van der Waals surface area contributed by atoms with Crippen LogP contribution in [0.1, 0.15) is 88.8 Å². The normalized spacial score (nSPS) is 14.4. The highest BCUT2D eigenvalue weighted by molar-refractivity contribution is 5.81. The summed E-state index contributed by atoms with van der Waals surface area (Å²) in [5.41, 5.74) is 8.00. The van der Waals surface area contributed by atoms with Crippen molar-refractivity contribution >= 4 is 0 Å². The summed E-state index contributed by atoms with van der Waals surface area (Å²) in [6.07, 6.45) is 11.6. The van der Waals surface area contributed by atoms with E-state index in [-0.39, 0.29) is 5.41 Å². The van der Waals surface area contributed by atoms with Crippen molar-refractivity contribution in [3.63, 3.8) is 0 Å². The van der Waals surface area contributed by atoms with Crippen LogP contribution >= 0.6 is 0 Å². The van der Waals surface area contributed by atoms with E-state index in [1.165, 1.54) is 74.5 Å². The lowest BCUT2D eigenvalue weighted by Crippen LogP contribution is -2.25. The first-order valence-corrected chi connectivity index (χ1v) is 10.5. The minimum absolute atomic E-state index is 0.250. The van der Waals surface area contributed by atoms with Crippen LogP contribution < -0.4 is 0 Å². The van der Waals surface area contributed by atoms with Crippen molar-refractivity contribution in [2.24, 2.45) is 0 Å². The van der Waals surface area contributed by atoms with Crippen LogP contribution in [0.4, 0.5) is 0 Å². The van der Waals surface area contributed by atoms with Crippen molar-refractivity contribution < 1.29 is 0 Å². The number of fused-ring (bicyclic) bond motifs is 3. The molecule has 0 fully saturated rings. The molecule has 0 N–H and O–H groups in total. The summed E-state index contributed by atoms with van der Waals surface area (Å²) in [6, 6.07) is 16.6. The van der Waals surface area contributed by atoms with E-state index in [2.05, 4.69) is 63.2 Å². The minimum Gasteiger partial charge on any atom is -0.0654 e. The molecule has 0 aliphatic heterocycles. The van der Waals surface area contributed by atoms with Gasteiger partial charge in [0.2, 0.25) is 0 Å². The van der Waals surface area contributed by atoms with E-state index in [4.69, 9.17) is 0 Å². The summed E-state index contributed by atoms with van der Waals surface area (Å²) in [5, 5.41) is 0. The third kappa shape index (κ3) is 3.41. The minimum atomic E-state index is 0.250. The summed E-state index contributed by atoms with van der Waals surface area (Å²) in [4.78, 5) is 0. The average Bonchev–Trinajstić information content (AvgIpc) is 2.93. The molecule has 0 unspecified atom stereocenters. The zero-order valence-electron chi connectivity index (χ0n) is 16.4. The lowest BCUT2D eigenvalue weighted by Gasteiger charge is -2.33. The van der Waals surface area contributed by atoms with Gasteiger partial charge >= 0.3 is 0 Å². The van der Waals surface area contributed by atoms with E-state index in [1.54, 1.807) is 11.1 Å². The van der Waals surface area contributed by atoms with E-state index in [0.29, 0.717) is 0 Å². The maximum absolute atomic E-state index is 2.57. The molecule has 0 saturated heterocycles. The van der Waals surface area contributed by atoms with Gasteiger partial charge in [-0.1, -0.05) is 95.3 Å². The molecule has 0 heteroatoms. The molecule has 0 nitrogen and oxygen atoms in total. The first-order chi connectivity index (χ1) is 12.3. The van der Waals surface area contributed by atoms with Crippen LogP contribution in [-0.4, -0.2) is 0 Å². The second kappa shape index (κ2) is 8.21. The van der Waals surface area contributed by atoms with Gasteiger partial charge in [0.05, 0.1) is 0 Å². The Balaban J connectivity index is 2.11. The predicted octanol–water partition coefficient (Wildman–Crippen LogP) is 7.68. The fraction of sp³-hybridized carbons (Fsp3) is 0.520. The molecule has 134 valence electrons. The third-order valence-corrected chi connectivity index (χ3v) is 6.07. The molecule has 1 aliphatic carbocycles. The molecule has 0 saturated carbocycles. The Hall–Kier alpha value is -1.56. The molecule has 2 aromatic carbocycles. The lowest BCUT2D eigenvalue weighted by atomic mass is 9.70. The van der Waals surface area contributed by atoms with Gasteiger partial charge in [-0.25, -0.2) is 0 Å². The number of hydrogen-bond acceptors (Lipinski definition) is 0. The largest absolute Gasteiger partial charge is 0.0654 e. The molecule has 2 aromatic rings. The standard InChI is InChI=1S/C25H34/c1-4-7-12-20-15-16-22-21-13-10-11-14-23(21)25(17-8-5-2,18-9-6-3)24(22)19-20/h10-11,13-16,19H,4-9,12,17-18H2,1-3H3. The predicted molar refractivity (Wildman–Crippen MR) is 110 cm³/mol. The Morgan fingerprint density at radius 3 is 2.00 bits per heavy atom. The van der Waals surface area contributed by atoms with Gasteiger partial charge in [0.1, 0.15) is 0 Å². The molecule has 0 aromatic heterocycles. The number of aryl methyl sites for hydroxylation is 1. The van der Waals surface area contributed by atoms with Crippen LogP contribution in [0.15, 0.2) is 42.5 Å². The second-order valence-electron chi connectivity index (χ2n) is 7.82. The summed E-state index contributed by atoms with van der Waals surface area (Å²) in [6.45, 7) is 6.94. The number of hydrogen-bond donors (Lipinski definition) is 0. The van der Waals surface area contributed by atoms with Gasteiger partial charge in [-0.05, 0) is 53.5 Å². The van der Waals surface area contributed by atoms with E-state index >= 15 is 0 Å². The monoisotopic (exact) mass is 334 g/mol. The highest BCUT2D eigenvalue weighted by atomic mass is 14.4. The average molecular weight is 335 g/mol. The van der Waals surface area contributed by atoms with Crippen LogP contribution in [0.3, 0.4) is 0 Å². The van der Waals surface area contributed by atoms with Gasteiger partial charge in [0.25, 0.3) is 0 Å². The quantitative estimate of drug-likeness (QED) is 0.441. The Labute approximate surface area is 154 Å². The zero-order valence-corrected chi connectivity index (χ0v) is 16.4. The fourth-order valence-corrected chi connectivity index (χ4v) is 4.66. The lowest BCUT2D eigenvalue weighted by molar-refractivity contribution is 0.414. The molecule has 0 spiro atoms. The van der Waals surface area contributed by atoms with Crippen molar-refractivity contribution in [3.8, 4) is 11.1 Å². The molecule has 25 heavy (non-hydrogen) atoms. The molecule has 1 aliphatic rings. The molecular weight excluding hydrogens is 300 g/mol. The number of benzene rings is 2. The molecule has 0 radical (unpaired) electrons. The van der Waals surface area contributed by atoms with Gasteiger partial charge in [0.15, 0.2) is 0 Å². The maximum atomic E-state index is 2.57. The van der Waals surface area contributed by atoms with Crippen LogP contribution in [0.2, 0.25) is 0 Å². The smallest absolute Gasteiger partial charge is 0.0215 e. The van der Waals surface area contributed by atoms with Gasteiger partial charge in [-0.15, -0.1) is 0 Å². The van der Waals surface area contributed by atoms with Crippen molar-refractivity contribution in [2.75, 3.05) is 0 Å². The first kappa shape index (κ1) is 18.2. The zero-order chi connectivity index (χ0) is 17.7. The molecule has 0 atom stereocenters. The van der Waals surface area contributed by atoms with Crippen molar-refractivity contribution in [3.05, 3.63) is 59.2 Å². The van der Waals surface area contributed by atoms with E-state index in [0.717, 1.165) is 0 Å². The molecule has 0 heterocycles. The molecule has 0 bridgehead atoms. The Morgan fingerprint density at radius 1 is 0.680 bits per heavy atom. The maximum Gasteiger partial charge on any atom is 0.0215 e. The van der Waals surface area contributed by atoms with Gasteiger partial charge in [-0.3, -0.25) is 0 Å². The van der Waals surface area contributed by atoms with E-state index < -0.39 is 0 Å². The molecular formula is C25H34. The van der Waals surface area contributed by atoms with Gasteiger partial charge in [-0.2, -0.15) is 0 Å². The van der Waals surface area contributed by atoms with Crippen LogP contribution in [0, 0.1) is 0 Å². The fourth-order valence-electron chi connectivity index (χ4n) is 4.66. The van der Waals surface area contributed by atoms with E-state index in [1.807, 2.05) is 0 Å². The van der Waals surface area contributed by atoms with Crippen LogP contribution in [0.5, 0.6) is 0 Å². The Morgan fingerprint density at radius 2 is 1.32 bits per heavy atom. The number of rotatable bonds is 9. The van der Waals surface area contributed by atoms with Crippen molar-refractivity contribution in [1.82, 2.24) is 0 Å². The second-order valence-corrected chi connectivity index (χ2v) is 7.82. The molecule has 0 amide bonds. The summed E-state index contributed by atoms with van der Waals surface area (Å²) >= 11 is 0. The SMILES string of the molecule is CCCCc1ccc2c(c1)C(CCCC)(CCCC)c1ccccc1-2. The topological polar surface area (TPSA) is 0 Å². The summed E-state index contributed by atoms with van der Waals surface area (Å²) in [7, 11) is 0. The number of unbranched alkanes of at least 4 members (excludes halogenated alkanes) is 3. The highest BCUT2D eigenvalue weighted by Gasteiger charge is 2.41. The highest BCUT2D eigenvalue weighted by Crippen LogP contribution is 2.54. The van der Waals surface area contributed by atoms with E-state index in [9.17, 15) is 0 Å². The summed E-state index contributed by atoms with van der Waals surface area (Å²) < 4.78 is 0. The van der Waals surface area contributed by atoms with Gasteiger partial charge < -0.3 is 0 Å². The Bertz CT molecular complexity index is 687. The first-order valence-electron chi connectivity index (χ1n) is 10.5. The third-order valence-electron chi connectivity index (χ3n) is 6.07. The Kier molecular flexibility index (Phi) is 5.99. The van der Waals surface area contributed by atoms with Crippen LogP contribution in [0.25, 0.3) is 11.1 Å². The van der Waals surface area contributed by atoms with Crippen molar-refractivity contribution in [1.29, 1.82) is 0 Å². The van der Waals surface area contributed by atoms with Crippen molar-refractivity contribution in [2.45, 2.75) is 84.0 Å². The van der Waals surface area contributed by atoms with Crippen LogP contribution in [-0.2, 0) is 11.8 Å². The summed E-state index contributed by atoms with van der Waals surface area (Å²) in [5.74, 6) is 0. The van der Waals surface area contributed by atoms with Gasteiger partial charge in [0, 0.05) is 5.41 Å². The molecule has 3 rings (SSSR count).